The van der Waals surface area contributed by atoms with Gasteiger partial charge in [0.2, 0.25) is 0 Å². The van der Waals surface area contributed by atoms with Crippen molar-refractivity contribution in [3.63, 3.8) is 0 Å². The molecule has 3 heteroatoms. The van der Waals surface area contributed by atoms with Gasteiger partial charge in [-0.05, 0) is 42.4 Å². The number of amides is 2. The van der Waals surface area contributed by atoms with Crippen LogP contribution in [0.4, 0.5) is 4.79 Å². The molecule has 2 aliphatic carbocycles. The van der Waals surface area contributed by atoms with Crippen LogP contribution in [0.3, 0.4) is 0 Å². The zero-order chi connectivity index (χ0) is 10.3. The molecule has 3 N–H and O–H groups in total. The number of hydrogen-bond acceptors (Lipinski definition) is 1. The van der Waals surface area contributed by atoms with Crippen LogP contribution in [-0.4, -0.2) is 12.6 Å². The lowest BCUT2D eigenvalue weighted by molar-refractivity contribution is 0.122. The van der Waals surface area contributed by atoms with Crippen LogP contribution in [0.25, 0.3) is 0 Å². The first-order valence-electron chi connectivity index (χ1n) is 5.55. The number of primary amides is 1. The van der Waals surface area contributed by atoms with Crippen LogP contribution >= 0.6 is 0 Å². The second-order valence-electron chi connectivity index (χ2n) is 5.44. The molecule has 0 saturated heterocycles. The van der Waals surface area contributed by atoms with Crippen molar-refractivity contribution in [2.45, 2.75) is 33.1 Å². The summed E-state index contributed by atoms with van der Waals surface area (Å²) in [7, 11) is 0. The lowest BCUT2D eigenvalue weighted by atomic mass is 9.69. The molecule has 0 radical (unpaired) electrons. The fourth-order valence-corrected chi connectivity index (χ4v) is 3.61. The van der Waals surface area contributed by atoms with E-state index in [2.05, 4.69) is 19.2 Å². The van der Waals surface area contributed by atoms with E-state index in [0.717, 1.165) is 18.4 Å². The Morgan fingerprint density at radius 3 is 2.71 bits per heavy atom. The molecule has 2 saturated carbocycles. The lowest BCUT2D eigenvalue weighted by Crippen LogP contribution is -2.41. The van der Waals surface area contributed by atoms with Gasteiger partial charge in [-0.3, -0.25) is 0 Å². The summed E-state index contributed by atoms with van der Waals surface area (Å²) in [5.74, 6) is 2.32. The molecule has 2 aliphatic rings. The lowest BCUT2D eigenvalue weighted by Gasteiger charge is -2.38. The highest BCUT2D eigenvalue weighted by Gasteiger charge is 2.52. The van der Waals surface area contributed by atoms with Crippen LogP contribution in [0, 0.1) is 23.2 Å². The monoisotopic (exact) mass is 196 g/mol. The summed E-state index contributed by atoms with van der Waals surface area (Å²) >= 11 is 0. The number of urea groups is 1. The third-order valence-corrected chi connectivity index (χ3v) is 4.55. The summed E-state index contributed by atoms with van der Waals surface area (Å²) in [6.45, 7) is 5.44. The average molecular weight is 196 g/mol. The van der Waals surface area contributed by atoms with E-state index in [-0.39, 0.29) is 6.03 Å². The predicted octanol–water partition coefficient (Wildman–Crippen LogP) is 1.73. The number of carbonyl (C=O) groups excluding carboxylic acids is 1. The van der Waals surface area contributed by atoms with Crippen molar-refractivity contribution in [2.75, 3.05) is 6.54 Å². The Hall–Kier alpha value is -0.730. The van der Waals surface area contributed by atoms with Crippen LogP contribution < -0.4 is 11.1 Å². The van der Waals surface area contributed by atoms with E-state index in [9.17, 15) is 4.79 Å². The molecule has 2 bridgehead atoms. The van der Waals surface area contributed by atoms with Gasteiger partial charge < -0.3 is 11.1 Å². The zero-order valence-corrected chi connectivity index (χ0v) is 9.05. The Bertz CT molecular complexity index is 250. The highest BCUT2D eigenvalue weighted by atomic mass is 16.2. The van der Waals surface area contributed by atoms with Gasteiger partial charge >= 0.3 is 6.03 Å². The predicted molar refractivity (Wildman–Crippen MR) is 55.7 cm³/mol. The molecule has 0 heterocycles. The first kappa shape index (κ1) is 9.81. The summed E-state index contributed by atoms with van der Waals surface area (Å²) in [6, 6.07) is -0.386. The van der Waals surface area contributed by atoms with Gasteiger partial charge in [-0.2, -0.15) is 0 Å². The number of fused-ring (bicyclic) bond motifs is 2. The third-order valence-electron chi connectivity index (χ3n) is 4.55. The fourth-order valence-electron chi connectivity index (χ4n) is 3.61. The third kappa shape index (κ3) is 1.39. The van der Waals surface area contributed by atoms with Crippen LogP contribution in [0.15, 0.2) is 0 Å². The zero-order valence-electron chi connectivity index (χ0n) is 9.05. The number of carbonyl (C=O) groups is 1. The van der Waals surface area contributed by atoms with Crippen molar-refractivity contribution in [2.24, 2.45) is 28.9 Å². The molecule has 2 fully saturated rings. The SMILES string of the molecule is CC1(C)[C@H]2CC[C@H](C2)[C@@H]1CNC(N)=O. The molecule has 2 rings (SSSR count). The smallest absolute Gasteiger partial charge is 0.312 e. The average Bonchev–Trinajstić information content (AvgIpc) is 2.59. The quantitative estimate of drug-likeness (QED) is 0.694. The molecular formula is C11H20N2O. The Morgan fingerprint density at radius 1 is 1.50 bits per heavy atom. The van der Waals surface area contributed by atoms with Crippen LogP contribution in [-0.2, 0) is 0 Å². The molecule has 0 aromatic heterocycles. The molecule has 80 valence electrons. The highest BCUT2D eigenvalue weighted by molar-refractivity contribution is 5.71. The maximum absolute atomic E-state index is 10.7. The summed E-state index contributed by atoms with van der Waals surface area (Å²) in [5.41, 5.74) is 5.50. The molecule has 14 heavy (non-hydrogen) atoms. The van der Waals surface area contributed by atoms with Gasteiger partial charge in [-0.1, -0.05) is 13.8 Å². The molecule has 2 amide bonds. The summed E-state index contributed by atoms with van der Waals surface area (Å²) in [5, 5.41) is 2.77. The minimum absolute atomic E-state index is 0.386. The highest BCUT2D eigenvalue weighted by Crippen LogP contribution is 2.58. The largest absolute Gasteiger partial charge is 0.352 e. The molecule has 0 aliphatic heterocycles. The fraction of sp³-hybridized carbons (Fsp3) is 0.909. The number of nitrogens with one attached hydrogen (secondary N) is 1. The van der Waals surface area contributed by atoms with Crippen molar-refractivity contribution in [1.29, 1.82) is 0 Å². The van der Waals surface area contributed by atoms with Crippen molar-refractivity contribution >= 4 is 6.03 Å². The van der Waals surface area contributed by atoms with Gasteiger partial charge in [-0.25, -0.2) is 4.79 Å². The molecule has 3 nitrogen and oxygen atoms in total. The van der Waals surface area contributed by atoms with E-state index in [1.54, 1.807) is 0 Å². The Balaban J connectivity index is 2.01. The maximum Gasteiger partial charge on any atom is 0.312 e. The Morgan fingerprint density at radius 2 is 2.21 bits per heavy atom. The van der Waals surface area contributed by atoms with Gasteiger partial charge in [-0.15, -0.1) is 0 Å². The molecule has 0 unspecified atom stereocenters. The van der Waals surface area contributed by atoms with E-state index in [0.29, 0.717) is 11.3 Å². The van der Waals surface area contributed by atoms with Gasteiger partial charge in [0.1, 0.15) is 0 Å². The Kier molecular flexibility index (Phi) is 2.20. The summed E-state index contributed by atoms with van der Waals surface area (Å²) < 4.78 is 0. The topological polar surface area (TPSA) is 55.1 Å². The molecule has 0 spiro atoms. The van der Waals surface area contributed by atoms with Gasteiger partial charge in [0.15, 0.2) is 0 Å². The first-order chi connectivity index (χ1) is 6.51. The van der Waals surface area contributed by atoms with Gasteiger partial charge in [0.25, 0.3) is 0 Å². The van der Waals surface area contributed by atoms with E-state index in [1.165, 1.54) is 19.3 Å². The maximum atomic E-state index is 10.7. The van der Waals surface area contributed by atoms with Crippen LogP contribution in [0.1, 0.15) is 33.1 Å². The standard InChI is InChI=1S/C11H20N2O/c1-11(2)8-4-3-7(5-8)9(11)6-13-10(12)14/h7-9H,3-6H2,1-2H3,(H3,12,13,14)/t7-,8+,9+/m1/s1. The van der Waals surface area contributed by atoms with Crippen molar-refractivity contribution in [3.05, 3.63) is 0 Å². The molecule has 0 aromatic rings. The van der Waals surface area contributed by atoms with Crippen LogP contribution in [0.5, 0.6) is 0 Å². The number of nitrogens with two attached hydrogens (primary N) is 1. The minimum Gasteiger partial charge on any atom is -0.352 e. The molecule has 0 aromatic carbocycles. The molecular weight excluding hydrogens is 176 g/mol. The second kappa shape index (κ2) is 3.14. The second-order valence-corrected chi connectivity index (χ2v) is 5.44. The first-order valence-corrected chi connectivity index (χ1v) is 5.55. The number of hydrogen-bond donors (Lipinski definition) is 2. The van der Waals surface area contributed by atoms with Crippen molar-refractivity contribution < 1.29 is 4.79 Å². The van der Waals surface area contributed by atoms with Crippen LogP contribution in [0.2, 0.25) is 0 Å². The summed E-state index contributed by atoms with van der Waals surface area (Å²) in [4.78, 5) is 10.7. The number of rotatable bonds is 2. The summed E-state index contributed by atoms with van der Waals surface area (Å²) in [6.07, 6.45) is 4.09. The Labute approximate surface area is 85.4 Å². The van der Waals surface area contributed by atoms with E-state index < -0.39 is 0 Å². The van der Waals surface area contributed by atoms with Gasteiger partial charge in [0, 0.05) is 6.54 Å². The van der Waals surface area contributed by atoms with E-state index in [1.807, 2.05) is 0 Å². The minimum atomic E-state index is -0.386. The van der Waals surface area contributed by atoms with Gasteiger partial charge in [0.05, 0.1) is 0 Å². The van der Waals surface area contributed by atoms with E-state index in [4.69, 9.17) is 5.73 Å². The normalized spacial score (nSPS) is 38.6. The van der Waals surface area contributed by atoms with Crippen molar-refractivity contribution in [1.82, 2.24) is 5.32 Å². The molecule has 3 atom stereocenters. The van der Waals surface area contributed by atoms with Crippen molar-refractivity contribution in [3.8, 4) is 0 Å². The van der Waals surface area contributed by atoms with E-state index >= 15 is 0 Å².